The van der Waals surface area contributed by atoms with E-state index in [0.29, 0.717) is 13.0 Å². The quantitative estimate of drug-likeness (QED) is 0.777. The van der Waals surface area contributed by atoms with Crippen LogP contribution in [0, 0.1) is 0 Å². The minimum absolute atomic E-state index is 0.0000589. The Hall–Kier alpha value is -1.55. The first-order valence-corrected chi connectivity index (χ1v) is 5.77. The molecule has 0 saturated carbocycles. The molecule has 0 saturated heterocycles. The summed E-state index contributed by atoms with van der Waals surface area (Å²) in [6.07, 6.45) is 1.22. The molecule has 0 aliphatic rings. The van der Waals surface area contributed by atoms with Gasteiger partial charge in [0, 0.05) is 19.0 Å². The number of carbonyl (C=O) groups is 1. The first-order valence-electron chi connectivity index (χ1n) is 5.77. The molecule has 17 heavy (non-hydrogen) atoms. The van der Waals surface area contributed by atoms with Gasteiger partial charge in [0.05, 0.1) is 7.11 Å². The lowest BCUT2D eigenvalue weighted by Gasteiger charge is -2.07. The van der Waals surface area contributed by atoms with Gasteiger partial charge in [-0.2, -0.15) is 0 Å². The second kappa shape index (κ2) is 6.91. The summed E-state index contributed by atoms with van der Waals surface area (Å²) in [5.41, 5.74) is 6.68. The summed E-state index contributed by atoms with van der Waals surface area (Å²) >= 11 is 0. The highest BCUT2D eigenvalue weighted by molar-refractivity contribution is 5.76. The SMILES string of the molecule is COc1ccc(CCC(=O)NCC(C)N)cc1. The van der Waals surface area contributed by atoms with Crippen molar-refractivity contribution in [3.05, 3.63) is 29.8 Å². The van der Waals surface area contributed by atoms with Crippen LogP contribution in [0.25, 0.3) is 0 Å². The third-order valence-corrected chi connectivity index (χ3v) is 2.42. The average molecular weight is 236 g/mol. The Morgan fingerprint density at radius 3 is 2.59 bits per heavy atom. The monoisotopic (exact) mass is 236 g/mol. The molecular weight excluding hydrogens is 216 g/mol. The summed E-state index contributed by atoms with van der Waals surface area (Å²) in [6.45, 7) is 2.39. The maximum Gasteiger partial charge on any atom is 0.220 e. The summed E-state index contributed by atoms with van der Waals surface area (Å²) in [4.78, 5) is 11.5. The Bertz CT molecular complexity index is 347. The molecule has 1 aromatic rings. The zero-order valence-electron chi connectivity index (χ0n) is 10.4. The number of benzene rings is 1. The molecule has 0 aliphatic heterocycles. The van der Waals surface area contributed by atoms with Gasteiger partial charge in [-0.1, -0.05) is 12.1 Å². The van der Waals surface area contributed by atoms with Crippen LogP contribution in [0.4, 0.5) is 0 Å². The van der Waals surface area contributed by atoms with Gasteiger partial charge in [-0.15, -0.1) is 0 Å². The molecular formula is C13H20N2O2. The standard InChI is InChI=1S/C13H20N2O2/c1-10(14)9-15-13(16)8-5-11-3-6-12(17-2)7-4-11/h3-4,6-7,10H,5,8-9,14H2,1-2H3,(H,15,16). The van der Waals surface area contributed by atoms with Crippen LogP contribution in [0.2, 0.25) is 0 Å². The molecule has 0 aromatic heterocycles. The predicted octanol–water partition coefficient (Wildman–Crippen LogP) is 1.09. The van der Waals surface area contributed by atoms with E-state index in [4.69, 9.17) is 10.5 Å². The van der Waals surface area contributed by atoms with Gasteiger partial charge in [-0.05, 0) is 31.0 Å². The number of ether oxygens (including phenoxy) is 1. The summed E-state index contributed by atoms with van der Waals surface area (Å²) in [6, 6.07) is 7.74. The van der Waals surface area contributed by atoms with E-state index in [2.05, 4.69) is 5.32 Å². The summed E-state index contributed by atoms with van der Waals surface area (Å²) < 4.78 is 5.07. The zero-order valence-corrected chi connectivity index (χ0v) is 10.4. The summed E-state index contributed by atoms with van der Waals surface area (Å²) in [5.74, 6) is 0.869. The molecule has 0 heterocycles. The smallest absolute Gasteiger partial charge is 0.220 e. The van der Waals surface area contributed by atoms with Crippen molar-refractivity contribution in [3.63, 3.8) is 0 Å². The maximum atomic E-state index is 11.5. The lowest BCUT2D eigenvalue weighted by Crippen LogP contribution is -2.35. The van der Waals surface area contributed by atoms with Crippen molar-refractivity contribution in [1.29, 1.82) is 0 Å². The second-order valence-corrected chi connectivity index (χ2v) is 4.13. The first kappa shape index (κ1) is 13.5. The van der Waals surface area contributed by atoms with E-state index < -0.39 is 0 Å². The van der Waals surface area contributed by atoms with E-state index in [0.717, 1.165) is 17.7 Å². The molecule has 0 spiro atoms. The van der Waals surface area contributed by atoms with Gasteiger partial charge in [0.25, 0.3) is 0 Å². The van der Waals surface area contributed by atoms with Gasteiger partial charge in [0.2, 0.25) is 5.91 Å². The molecule has 0 fully saturated rings. The number of hydrogen-bond acceptors (Lipinski definition) is 3. The van der Waals surface area contributed by atoms with Crippen LogP contribution in [0.1, 0.15) is 18.9 Å². The van der Waals surface area contributed by atoms with Crippen LogP contribution in [0.3, 0.4) is 0 Å². The lowest BCUT2D eigenvalue weighted by atomic mass is 10.1. The van der Waals surface area contributed by atoms with Crippen molar-refractivity contribution < 1.29 is 9.53 Å². The van der Waals surface area contributed by atoms with Gasteiger partial charge in [0.15, 0.2) is 0 Å². The van der Waals surface area contributed by atoms with Crippen LogP contribution in [-0.4, -0.2) is 25.6 Å². The molecule has 4 nitrogen and oxygen atoms in total. The number of nitrogens with one attached hydrogen (secondary N) is 1. The van der Waals surface area contributed by atoms with Gasteiger partial charge in [0.1, 0.15) is 5.75 Å². The zero-order chi connectivity index (χ0) is 12.7. The topological polar surface area (TPSA) is 64.3 Å². The van der Waals surface area contributed by atoms with Crippen molar-refractivity contribution in [3.8, 4) is 5.75 Å². The molecule has 1 rings (SSSR count). The van der Waals surface area contributed by atoms with E-state index in [1.807, 2.05) is 31.2 Å². The van der Waals surface area contributed by atoms with Crippen LogP contribution >= 0.6 is 0 Å². The number of carbonyl (C=O) groups excluding carboxylic acids is 1. The minimum Gasteiger partial charge on any atom is -0.497 e. The van der Waals surface area contributed by atoms with Crippen molar-refractivity contribution in [1.82, 2.24) is 5.32 Å². The highest BCUT2D eigenvalue weighted by Crippen LogP contribution is 2.12. The number of nitrogens with two attached hydrogens (primary N) is 1. The van der Waals surface area contributed by atoms with Crippen molar-refractivity contribution in [2.24, 2.45) is 5.73 Å². The molecule has 1 aromatic carbocycles. The Morgan fingerprint density at radius 1 is 1.41 bits per heavy atom. The number of aryl methyl sites for hydroxylation is 1. The Labute approximate surface area is 102 Å². The van der Waals surface area contributed by atoms with E-state index in [1.165, 1.54) is 0 Å². The fourth-order valence-electron chi connectivity index (χ4n) is 1.41. The Kier molecular flexibility index (Phi) is 5.49. The summed E-state index contributed by atoms with van der Waals surface area (Å²) in [5, 5.41) is 2.79. The molecule has 0 aliphatic carbocycles. The van der Waals surface area contributed by atoms with Crippen molar-refractivity contribution in [2.75, 3.05) is 13.7 Å². The maximum absolute atomic E-state index is 11.5. The van der Waals surface area contributed by atoms with E-state index >= 15 is 0 Å². The molecule has 0 bridgehead atoms. The lowest BCUT2D eigenvalue weighted by molar-refractivity contribution is -0.121. The third-order valence-electron chi connectivity index (χ3n) is 2.42. The van der Waals surface area contributed by atoms with Crippen LogP contribution < -0.4 is 15.8 Å². The molecule has 1 unspecified atom stereocenters. The fourth-order valence-corrected chi connectivity index (χ4v) is 1.41. The van der Waals surface area contributed by atoms with Crippen molar-refractivity contribution in [2.45, 2.75) is 25.8 Å². The van der Waals surface area contributed by atoms with Crippen LogP contribution in [0.15, 0.2) is 24.3 Å². The molecule has 1 atom stereocenters. The van der Waals surface area contributed by atoms with Gasteiger partial charge >= 0.3 is 0 Å². The predicted molar refractivity (Wildman–Crippen MR) is 68.0 cm³/mol. The van der Waals surface area contributed by atoms with Crippen LogP contribution in [0.5, 0.6) is 5.75 Å². The minimum atomic E-state index is -0.0000589. The van der Waals surface area contributed by atoms with Crippen molar-refractivity contribution >= 4 is 5.91 Å². The Morgan fingerprint density at radius 2 is 2.06 bits per heavy atom. The molecule has 3 N–H and O–H groups in total. The highest BCUT2D eigenvalue weighted by atomic mass is 16.5. The number of amides is 1. The van der Waals surface area contributed by atoms with E-state index in [-0.39, 0.29) is 11.9 Å². The fraction of sp³-hybridized carbons (Fsp3) is 0.462. The number of methoxy groups -OCH3 is 1. The first-order chi connectivity index (χ1) is 8.11. The van der Waals surface area contributed by atoms with Gasteiger partial charge < -0.3 is 15.8 Å². The third kappa shape index (κ3) is 5.36. The molecule has 4 heteroatoms. The molecule has 1 amide bonds. The molecule has 94 valence electrons. The number of hydrogen-bond donors (Lipinski definition) is 2. The largest absolute Gasteiger partial charge is 0.497 e. The van der Waals surface area contributed by atoms with E-state index in [1.54, 1.807) is 7.11 Å². The Balaban J connectivity index is 2.31. The normalized spacial score (nSPS) is 11.9. The average Bonchev–Trinajstić information content (AvgIpc) is 2.34. The van der Waals surface area contributed by atoms with Gasteiger partial charge in [-0.3, -0.25) is 4.79 Å². The second-order valence-electron chi connectivity index (χ2n) is 4.13. The van der Waals surface area contributed by atoms with Gasteiger partial charge in [-0.25, -0.2) is 0 Å². The summed E-state index contributed by atoms with van der Waals surface area (Å²) in [7, 11) is 1.64. The van der Waals surface area contributed by atoms with Crippen LogP contribution in [-0.2, 0) is 11.2 Å². The number of rotatable bonds is 6. The van der Waals surface area contributed by atoms with E-state index in [9.17, 15) is 4.79 Å². The molecule has 0 radical (unpaired) electrons. The highest BCUT2D eigenvalue weighted by Gasteiger charge is 2.03.